The van der Waals surface area contributed by atoms with E-state index in [4.69, 9.17) is 19.9 Å². The fraction of sp³-hybridized carbons (Fsp3) is 0.0154. The van der Waals surface area contributed by atoms with Gasteiger partial charge in [-0.3, -0.25) is 0 Å². The Morgan fingerprint density at radius 1 is 0.145 bits per heavy atom. The lowest BCUT2D eigenvalue weighted by Crippen LogP contribution is -2.28. The van der Waals surface area contributed by atoms with Crippen molar-refractivity contribution in [2.75, 3.05) is 0 Å². The molecule has 20 aromatic carbocycles. The number of benzene rings is 20. The number of nitrogens with zero attached hydrogens (tertiary/aromatic N) is 8. The fourth-order valence-corrected chi connectivity index (χ4v) is 22.8. The SMILES string of the molecule is c1ccc(-c2cc(-c3ccccc3)nc(-c3ccc(-n4c5ccccc5c5cc6c(cc54)-c4cc5c7ccccc7n(-c7ccccc7)c5cc4C6(c4ccccc4)c4ccccc4)cc3)n2)cc1.c1ccc(-c2cc(-c3ccccc3)nc(-c3ccc(-n4c5ccccc5c5cc6c(cc54)C(c4ccccc4)(c4ccccc4)c4cc5c7ccccc7n(-c7ccccc7)c5cc4-6)cc3)n2)cc1. The second-order valence-electron chi connectivity index (χ2n) is 36.2. The first-order chi connectivity index (χ1) is 68.4. The zero-order valence-electron chi connectivity index (χ0n) is 75.1. The Balaban J connectivity index is 0.000000139. The van der Waals surface area contributed by atoms with E-state index in [1.165, 1.54) is 132 Å². The molecule has 0 atom stereocenters. The quantitative estimate of drug-likeness (QED) is 0.109. The molecular weight excluding hydrogens is 1670 g/mol. The van der Waals surface area contributed by atoms with Gasteiger partial charge in [0.05, 0.1) is 77.7 Å². The van der Waals surface area contributed by atoms with Crippen LogP contribution in [0.2, 0.25) is 0 Å². The highest BCUT2D eigenvalue weighted by Crippen LogP contribution is 2.62. The molecule has 0 spiro atoms. The third kappa shape index (κ3) is 12.5. The second kappa shape index (κ2) is 32.3. The summed E-state index contributed by atoms with van der Waals surface area (Å²) in [5, 5.41) is 9.81. The zero-order valence-corrected chi connectivity index (χ0v) is 75.1. The van der Waals surface area contributed by atoms with Gasteiger partial charge in [-0.25, -0.2) is 19.9 Å². The minimum atomic E-state index is -0.617. The molecule has 8 nitrogen and oxygen atoms in total. The molecule has 26 aromatic rings. The molecule has 644 valence electrons. The highest BCUT2D eigenvalue weighted by molar-refractivity contribution is 6.18. The van der Waals surface area contributed by atoms with Gasteiger partial charge in [0.25, 0.3) is 0 Å². The number of rotatable bonds is 14. The van der Waals surface area contributed by atoms with Gasteiger partial charge >= 0.3 is 0 Å². The van der Waals surface area contributed by atoms with E-state index in [0.717, 1.165) is 101 Å². The molecule has 138 heavy (non-hydrogen) atoms. The molecule has 0 bridgehead atoms. The zero-order chi connectivity index (χ0) is 90.9. The standard InChI is InChI=1S/2C65H42N4/c1-6-20-43(21-7-1)58-42-59(44-22-8-2-9-23-44)67-64(66-58)45-34-36-49(37-35-45)69-60-32-18-16-30-50(60)54-38-52-53-40-62-55(51-31-17-19-33-61(51)68(62)48-28-14-5-15-29-48)39-56(53)65(57(52)41-63(54)69,46-24-10-3-11-25-46)47-26-12-4-13-27-47;1-6-20-43(21-7-1)58-42-59(44-22-8-2-9-23-44)67-64(66-58)45-34-36-49(37-35-45)69-61-33-19-17-31-51(61)55-39-56-53(40-62(55)69)52-38-54-50-30-16-18-32-60(50)68(48-28-14-5-15-29-48)63(54)41-57(52)65(56,46-24-10-3-11-25-46)47-26-12-4-13-27-47/h2*1-42H. The van der Waals surface area contributed by atoms with Crippen molar-refractivity contribution in [1.82, 2.24) is 38.2 Å². The van der Waals surface area contributed by atoms with Crippen LogP contribution in [0.1, 0.15) is 44.5 Å². The predicted molar refractivity (Wildman–Crippen MR) is 569 cm³/mol. The van der Waals surface area contributed by atoms with Crippen LogP contribution in [0.3, 0.4) is 0 Å². The molecule has 0 radical (unpaired) electrons. The summed E-state index contributed by atoms with van der Waals surface area (Å²) in [6, 6.07) is 185. The summed E-state index contributed by atoms with van der Waals surface area (Å²) in [7, 11) is 0. The average molecular weight is 1760 g/mol. The van der Waals surface area contributed by atoms with Crippen LogP contribution in [0.4, 0.5) is 0 Å². The van der Waals surface area contributed by atoms with Gasteiger partial charge in [-0.2, -0.15) is 0 Å². The summed E-state index contributed by atoms with van der Waals surface area (Å²) >= 11 is 0. The van der Waals surface area contributed by atoms with Crippen LogP contribution >= 0.6 is 0 Å². The minimum Gasteiger partial charge on any atom is -0.309 e. The summed E-state index contributed by atoms with van der Waals surface area (Å²) in [5.41, 5.74) is 37.4. The molecule has 0 saturated carbocycles. The van der Waals surface area contributed by atoms with E-state index in [0.29, 0.717) is 11.6 Å². The van der Waals surface area contributed by atoms with E-state index in [9.17, 15) is 0 Å². The van der Waals surface area contributed by atoms with Crippen molar-refractivity contribution >= 4 is 87.2 Å². The van der Waals surface area contributed by atoms with Crippen molar-refractivity contribution in [3.05, 3.63) is 554 Å². The molecule has 6 heterocycles. The second-order valence-corrected chi connectivity index (χ2v) is 36.2. The lowest BCUT2D eigenvalue weighted by atomic mass is 9.67. The lowest BCUT2D eigenvalue weighted by Gasteiger charge is -2.34. The maximum Gasteiger partial charge on any atom is 0.160 e. The van der Waals surface area contributed by atoms with Crippen LogP contribution in [0, 0.1) is 0 Å². The van der Waals surface area contributed by atoms with Gasteiger partial charge in [-0.1, -0.05) is 352 Å². The minimum absolute atomic E-state index is 0.606. The first-order valence-corrected chi connectivity index (χ1v) is 47.3. The van der Waals surface area contributed by atoms with Crippen molar-refractivity contribution in [2.24, 2.45) is 0 Å². The molecule has 6 aromatic heterocycles. The molecular formula is C130H84N8. The first kappa shape index (κ1) is 79.5. The van der Waals surface area contributed by atoms with E-state index in [1.807, 2.05) is 24.3 Å². The van der Waals surface area contributed by atoms with Gasteiger partial charge in [0, 0.05) is 99.2 Å². The van der Waals surface area contributed by atoms with Gasteiger partial charge in [0.15, 0.2) is 11.6 Å². The molecule has 0 unspecified atom stereocenters. The Morgan fingerprint density at radius 3 is 0.630 bits per heavy atom. The Labute approximate surface area is 797 Å². The van der Waals surface area contributed by atoms with Gasteiger partial charge in [0.1, 0.15) is 0 Å². The van der Waals surface area contributed by atoms with Crippen molar-refractivity contribution in [2.45, 2.75) is 10.8 Å². The van der Waals surface area contributed by atoms with Crippen LogP contribution in [0.5, 0.6) is 0 Å². The van der Waals surface area contributed by atoms with E-state index in [1.54, 1.807) is 0 Å². The van der Waals surface area contributed by atoms with Gasteiger partial charge in [0.2, 0.25) is 0 Å². The summed E-state index contributed by atoms with van der Waals surface area (Å²) in [4.78, 5) is 20.6. The molecule has 2 aliphatic rings. The number of para-hydroxylation sites is 6. The van der Waals surface area contributed by atoms with Crippen molar-refractivity contribution < 1.29 is 0 Å². The Kier molecular flexibility index (Phi) is 18.6. The third-order valence-electron chi connectivity index (χ3n) is 28.8. The van der Waals surface area contributed by atoms with Crippen molar-refractivity contribution in [3.8, 4) is 113 Å². The van der Waals surface area contributed by atoms with E-state index in [-0.39, 0.29) is 0 Å². The molecule has 0 saturated heterocycles. The largest absolute Gasteiger partial charge is 0.309 e. The average Bonchev–Trinajstić information content (AvgIpc) is 1.52. The summed E-state index contributed by atoms with van der Waals surface area (Å²) in [6.07, 6.45) is 0. The Morgan fingerprint density at radius 2 is 0.355 bits per heavy atom. The number of fused-ring (bicyclic) bond motifs is 18. The van der Waals surface area contributed by atoms with Crippen LogP contribution in [0.25, 0.3) is 200 Å². The smallest absolute Gasteiger partial charge is 0.160 e. The number of hydrogen-bond donors (Lipinski definition) is 0. The first-order valence-electron chi connectivity index (χ1n) is 47.3. The van der Waals surface area contributed by atoms with E-state index < -0.39 is 10.8 Å². The Hall–Kier alpha value is -18.2. The van der Waals surface area contributed by atoms with Crippen LogP contribution in [-0.4, -0.2) is 38.2 Å². The number of hydrogen-bond acceptors (Lipinski definition) is 4. The molecule has 2 aliphatic carbocycles. The van der Waals surface area contributed by atoms with Crippen LogP contribution in [-0.2, 0) is 10.8 Å². The highest BCUT2D eigenvalue weighted by atomic mass is 15.0. The highest BCUT2D eigenvalue weighted by Gasteiger charge is 2.49. The summed E-state index contributed by atoms with van der Waals surface area (Å²) < 4.78 is 9.77. The van der Waals surface area contributed by atoms with Gasteiger partial charge < -0.3 is 18.3 Å². The molecule has 0 aliphatic heterocycles. The predicted octanol–water partition coefficient (Wildman–Crippen LogP) is 32.1. The number of aromatic nitrogens is 8. The summed E-state index contributed by atoms with van der Waals surface area (Å²) in [6.45, 7) is 0. The molecule has 8 heteroatoms. The maximum absolute atomic E-state index is 5.16. The van der Waals surface area contributed by atoms with Crippen molar-refractivity contribution in [3.63, 3.8) is 0 Å². The topological polar surface area (TPSA) is 71.3 Å². The van der Waals surface area contributed by atoms with Crippen molar-refractivity contribution in [1.29, 1.82) is 0 Å². The summed E-state index contributed by atoms with van der Waals surface area (Å²) in [5.74, 6) is 1.38. The monoisotopic (exact) mass is 1760 g/mol. The molecule has 0 amide bonds. The van der Waals surface area contributed by atoms with E-state index in [2.05, 4.69) is 504 Å². The third-order valence-corrected chi connectivity index (χ3v) is 28.8. The van der Waals surface area contributed by atoms with Gasteiger partial charge in [-0.05, 0) is 224 Å². The van der Waals surface area contributed by atoms with Crippen LogP contribution in [0.15, 0.2) is 510 Å². The fourth-order valence-electron chi connectivity index (χ4n) is 22.8. The van der Waals surface area contributed by atoms with Gasteiger partial charge in [-0.15, -0.1) is 0 Å². The molecule has 0 N–H and O–H groups in total. The Bertz CT molecular complexity index is 9050. The normalized spacial score (nSPS) is 12.8. The lowest BCUT2D eigenvalue weighted by molar-refractivity contribution is 0.770. The van der Waals surface area contributed by atoms with Crippen LogP contribution < -0.4 is 0 Å². The molecule has 28 rings (SSSR count). The van der Waals surface area contributed by atoms with E-state index >= 15 is 0 Å². The molecule has 0 fully saturated rings. The maximum atomic E-state index is 5.16.